The van der Waals surface area contributed by atoms with Crippen LogP contribution < -0.4 is 5.32 Å². The van der Waals surface area contributed by atoms with Gasteiger partial charge in [-0.2, -0.15) is 0 Å². The van der Waals surface area contributed by atoms with Gasteiger partial charge in [0.05, 0.1) is 12.2 Å². The minimum atomic E-state index is 0.0277. The number of hydrogen-bond acceptors (Lipinski definition) is 2. The average Bonchev–Trinajstić information content (AvgIpc) is 2.27. The Morgan fingerprint density at radius 2 is 2.17 bits per heavy atom. The zero-order valence-electron chi connectivity index (χ0n) is 8.29. The van der Waals surface area contributed by atoms with Crippen molar-refractivity contribution in [1.29, 1.82) is 0 Å². The molecule has 0 spiro atoms. The number of amides is 1. The zero-order valence-corrected chi connectivity index (χ0v) is 8.29. The summed E-state index contributed by atoms with van der Waals surface area (Å²) in [5.41, 5.74) is 0. The summed E-state index contributed by atoms with van der Waals surface area (Å²) in [6, 6.07) is 0.0277. The molecule has 0 aromatic carbocycles. The molecule has 3 heteroatoms. The molecule has 0 aromatic heterocycles. The highest BCUT2D eigenvalue weighted by atomic mass is 16.2. The van der Waals surface area contributed by atoms with E-state index in [-0.39, 0.29) is 18.1 Å². The van der Waals surface area contributed by atoms with Gasteiger partial charge < -0.3 is 4.90 Å². The van der Waals surface area contributed by atoms with Crippen molar-refractivity contribution in [2.75, 3.05) is 6.54 Å². The summed E-state index contributed by atoms with van der Waals surface area (Å²) in [4.78, 5) is 13.5. The van der Waals surface area contributed by atoms with Crippen molar-refractivity contribution < 1.29 is 4.79 Å². The molecule has 0 aromatic rings. The molecule has 1 fully saturated rings. The Balaban J connectivity index is 2.68. The van der Waals surface area contributed by atoms with Gasteiger partial charge in [-0.05, 0) is 19.8 Å². The molecule has 1 aliphatic heterocycles. The molecule has 1 rings (SSSR count). The van der Waals surface area contributed by atoms with Crippen molar-refractivity contribution in [3.8, 4) is 0 Å². The Bertz CT molecular complexity index is 179. The molecule has 2 unspecified atom stereocenters. The highest BCUT2D eigenvalue weighted by molar-refractivity contribution is 5.84. The highest BCUT2D eigenvalue weighted by Gasteiger charge is 2.36. The van der Waals surface area contributed by atoms with Gasteiger partial charge in [0.15, 0.2) is 0 Å². The highest BCUT2D eigenvalue weighted by Crippen LogP contribution is 2.15. The summed E-state index contributed by atoms with van der Waals surface area (Å²) >= 11 is 0. The Hall–Kier alpha value is -0.570. The van der Waals surface area contributed by atoms with Crippen LogP contribution in [0.4, 0.5) is 0 Å². The van der Waals surface area contributed by atoms with Crippen molar-refractivity contribution >= 4 is 5.91 Å². The molecule has 2 atom stereocenters. The summed E-state index contributed by atoms with van der Waals surface area (Å²) in [5.74, 6) is 0.636. The third-order valence-electron chi connectivity index (χ3n) is 2.44. The molecule has 1 heterocycles. The van der Waals surface area contributed by atoms with Gasteiger partial charge in [-0.15, -0.1) is 0 Å². The van der Waals surface area contributed by atoms with Gasteiger partial charge in [0.1, 0.15) is 0 Å². The van der Waals surface area contributed by atoms with Crippen LogP contribution in [0.2, 0.25) is 0 Å². The maximum Gasteiger partial charge on any atom is 0.241 e. The van der Waals surface area contributed by atoms with E-state index >= 15 is 0 Å². The van der Waals surface area contributed by atoms with E-state index in [1.165, 1.54) is 0 Å². The van der Waals surface area contributed by atoms with Gasteiger partial charge in [0.2, 0.25) is 5.91 Å². The standard InChI is InChI=1S/C9H18N2O/c1-5-11-7(4)10-8(6(2)3)9(11)12/h6-8,10H,5H2,1-4H3. The van der Waals surface area contributed by atoms with E-state index in [0.29, 0.717) is 5.92 Å². The summed E-state index contributed by atoms with van der Waals surface area (Å²) in [6.45, 7) is 8.99. The number of nitrogens with one attached hydrogen (secondary N) is 1. The van der Waals surface area contributed by atoms with Gasteiger partial charge in [0.25, 0.3) is 0 Å². The van der Waals surface area contributed by atoms with Crippen molar-refractivity contribution in [1.82, 2.24) is 10.2 Å². The van der Waals surface area contributed by atoms with E-state index in [1.807, 2.05) is 18.7 Å². The number of hydrogen-bond donors (Lipinski definition) is 1. The third-order valence-corrected chi connectivity index (χ3v) is 2.44. The number of carbonyl (C=O) groups is 1. The maximum atomic E-state index is 11.7. The van der Waals surface area contributed by atoms with Gasteiger partial charge in [-0.1, -0.05) is 13.8 Å². The second-order valence-electron chi connectivity index (χ2n) is 3.69. The maximum absolute atomic E-state index is 11.7. The number of carbonyl (C=O) groups excluding carboxylic acids is 1. The molecule has 70 valence electrons. The first-order valence-corrected chi connectivity index (χ1v) is 4.64. The van der Waals surface area contributed by atoms with Crippen LogP contribution in [0.1, 0.15) is 27.7 Å². The Labute approximate surface area is 74.1 Å². The van der Waals surface area contributed by atoms with Crippen molar-refractivity contribution in [3.63, 3.8) is 0 Å². The normalized spacial score (nSPS) is 30.4. The minimum Gasteiger partial charge on any atom is -0.326 e. The second-order valence-corrected chi connectivity index (χ2v) is 3.69. The van der Waals surface area contributed by atoms with Gasteiger partial charge in [0, 0.05) is 6.54 Å². The molecule has 3 nitrogen and oxygen atoms in total. The van der Waals surface area contributed by atoms with E-state index in [1.54, 1.807) is 0 Å². The van der Waals surface area contributed by atoms with Gasteiger partial charge in [-0.3, -0.25) is 10.1 Å². The Morgan fingerprint density at radius 3 is 2.42 bits per heavy atom. The fraction of sp³-hybridized carbons (Fsp3) is 0.889. The molecule has 1 amide bonds. The third kappa shape index (κ3) is 1.46. The monoisotopic (exact) mass is 170 g/mol. The predicted molar refractivity (Wildman–Crippen MR) is 48.6 cm³/mol. The van der Waals surface area contributed by atoms with E-state index < -0.39 is 0 Å². The van der Waals surface area contributed by atoms with Gasteiger partial charge in [-0.25, -0.2) is 0 Å². The SMILES string of the molecule is CCN1C(=O)C(C(C)C)NC1C. The summed E-state index contributed by atoms with van der Waals surface area (Å²) in [7, 11) is 0. The predicted octanol–water partition coefficient (Wildman–Crippen LogP) is 0.809. The number of rotatable bonds is 2. The number of likely N-dealkylation sites (N-methyl/N-ethyl adjacent to an activating group) is 1. The molecule has 1 aliphatic rings. The lowest BCUT2D eigenvalue weighted by atomic mass is 10.1. The molecule has 0 radical (unpaired) electrons. The fourth-order valence-corrected chi connectivity index (χ4v) is 1.70. The fourth-order valence-electron chi connectivity index (χ4n) is 1.70. The summed E-state index contributed by atoms with van der Waals surface area (Å²) in [6.07, 6.45) is 0.204. The van der Waals surface area contributed by atoms with Crippen LogP contribution in [-0.2, 0) is 4.79 Å². The van der Waals surface area contributed by atoms with Crippen LogP contribution in [0.3, 0.4) is 0 Å². The smallest absolute Gasteiger partial charge is 0.241 e. The molecular formula is C9H18N2O. The molecule has 12 heavy (non-hydrogen) atoms. The van der Waals surface area contributed by atoms with Crippen LogP contribution >= 0.6 is 0 Å². The topological polar surface area (TPSA) is 32.3 Å². The van der Waals surface area contributed by atoms with Crippen LogP contribution in [0, 0.1) is 5.92 Å². The Morgan fingerprint density at radius 1 is 1.58 bits per heavy atom. The van der Waals surface area contributed by atoms with E-state index in [0.717, 1.165) is 6.54 Å². The van der Waals surface area contributed by atoms with Crippen LogP contribution in [0.15, 0.2) is 0 Å². The first-order valence-electron chi connectivity index (χ1n) is 4.64. The molecule has 0 saturated carbocycles. The molecule has 1 N–H and O–H groups in total. The number of nitrogens with zero attached hydrogens (tertiary/aromatic N) is 1. The molecule has 0 bridgehead atoms. The van der Waals surface area contributed by atoms with Crippen LogP contribution in [-0.4, -0.2) is 29.6 Å². The van der Waals surface area contributed by atoms with Crippen molar-refractivity contribution in [2.24, 2.45) is 5.92 Å². The molecule has 0 aliphatic carbocycles. The largest absolute Gasteiger partial charge is 0.326 e. The Kier molecular flexibility index (Phi) is 2.73. The summed E-state index contributed by atoms with van der Waals surface area (Å²) < 4.78 is 0. The quantitative estimate of drug-likeness (QED) is 0.665. The lowest BCUT2D eigenvalue weighted by Gasteiger charge is -2.17. The first kappa shape index (κ1) is 9.52. The second kappa shape index (κ2) is 3.44. The molecular weight excluding hydrogens is 152 g/mol. The van der Waals surface area contributed by atoms with Crippen LogP contribution in [0.25, 0.3) is 0 Å². The lowest BCUT2D eigenvalue weighted by molar-refractivity contribution is -0.130. The van der Waals surface area contributed by atoms with E-state index in [4.69, 9.17) is 0 Å². The first-order chi connectivity index (χ1) is 5.57. The minimum absolute atomic E-state index is 0.0277. The lowest BCUT2D eigenvalue weighted by Crippen LogP contribution is -2.34. The van der Waals surface area contributed by atoms with Crippen LogP contribution in [0.5, 0.6) is 0 Å². The average molecular weight is 170 g/mol. The van der Waals surface area contributed by atoms with E-state index in [9.17, 15) is 4.79 Å². The zero-order chi connectivity index (χ0) is 9.30. The van der Waals surface area contributed by atoms with E-state index in [2.05, 4.69) is 19.2 Å². The summed E-state index contributed by atoms with van der Waals surface area (Å²) in [5, 5.41) is 3.28. The molecule has 1 saturated heterocycles. The van der Waals surface area contributed by atoms with Crippen molar-refractivity contribution in [3.05, 3.63) is 0 Å². The van der Waals surface area contributed by atoms with Crippen molar-refractivity contribution in [2.45, 2.75) is 39.9 Å². The van der Waals surface area contributed by atoms with Gasteiger partial charge >= 0.3 is 0 Å².